The van der Waals surface area contributed by atoms with Crippen LogP contribution in [0.2, 0.25) is 18.1 Å². The van der Waals surface area contributed by atoms with Crippen LogP contribution in [0.25, 0.3) is 0 Å². The standard InChI is InChI=1S/C35H61N3O7Si/c1-22(2)19-27(33(41)38(11)25(7)34(42)43-21-26-17-15-14-16-18-26)37-32(40)31(24(5)6)44-29(39)20-28(30(36)23(3)4)45-46(12,13)35(8,9)10/h14-18,22-25,27-28,30-31H,19-21,36H2,1-13H3,(H,37,40)/t25-,27-,28-,30+,31-/m0/s1. The Morgan fingerprint density at radius 1 is 0.935 bits per heavy atom. The molecule has 46 heavy (non-hydrogen) atoms. The molecule has 0 aromatic heterocycles. The van der Waals surface area contributed by atoms with Crippen molar-refractivity contribution in [2.45, 2.75) is 137 Å². The number of nitrogens with two attached hydrogens (primary N) is 1. The first-order valence-electron chi connectivity index (χ1n) is 16.5. The Hall–Kier alpha value is -2.76. The van der Waals surface area contributed by atoms with Crippen molar-refractivity contribution >= 4 is 32.1 Å². The van der Waals surface area contributed by atoms with Gasteiger partial charge in [0.1, 0.15) is 18.7 Å². The van der Waals surface area contributed by atoms with Gasteiger partial charge in [-0.3, -0.25) is 14.4 Å². The summed E-state index contributed by atoms with van der Waals surface area (Å²) in [6.07, 6.45) is -1.48. The lowest BCUT2D eigenvalue weighted by Gasteiger charge is -2.41. The lowest BCUT2D eigenvalue weighted by Crippen LogP contribution is -2.55. The van der Waals surface area contributed by atoms with Gasteiger partial charge in [-0.1, -0.05) is 92.6 Å². The SMILES string of the molecule is CC(C)C[C@H](NC(=O)[C@@H](OC(=O)C[C@H](O[Si](C)(C)C(C)(C)C)[C@H](N)C(C)C)C(C)C)C(=O)N(C)[C@@H](C)C(=O)OCc1ccccc1. The summed E-state index contributed by atoms with van der Waals surface area (Å²) in [5.41, 5.74) is 7.35. The summed E-state index contributed by atoms with van der Waals surface area (Å²) in [5, 5.41) is 2.72. The van der Waals surface area contributed by atoms with Gasteiger partial charge in [0.05, 0.1) is 12.5 Å². The zero-order valence-electron chi connectivity index (χ0n) is 30.5. The van der Waals surface area contributed by atoms with Crippen LogP contribution < -0.4 is 11.1 Å². The molecule has 0 aliphatic heterocycles. The highest BCUT2D eigenvalue weighted by molar-refractivity contribution is 6.74. The third-order valence-electron chi connectivity index (χ3n) is 8.76. The summed E-state index contributed by atoms with van der Waals surface area (Å²) in [6.45, 7) is 23.6. The lowest BCUT2D eigenvalue weighted by atomic mass is 9.97. The molecule has 0 aliphatic carbocycles. The van der Waals surface area contributed by atoms with E-state index in [1.165, 1.54) is 11.9 Å². The zero-order chi connectivity index (χ0) is 35.6. The quantitative estimate of drug-likeness (QED) is 0.166. The van der Waals surface area contributed by atoms with E-state index in [1.807, 2.05) is 58.0 Å². The van der Waals surface area contributed by atoms with Crippen LogP contribution in [0.1, 0.15) is 87.6 Å². The molecule has 10 nitrogen and oxygen atoms in total. The lowest BCUT2D eigenvalue weighted by molar-refractivity contribution is -0.161. The smallest absolute Gasteiger partial charge is 0.328 e. The van der Waals surface area contributed by atoms with Crippen LogP contribution in [0, 0.1) is 17.8 Å². The second-order valence-corrected chi connectivity index (χ2v) is 19.8. The normalized spacial score (nSPS) is 15.6. The van der Waals surface area contributed by atoms with Crippen molar-refractivity contribution in [2.75, 3.05) is 7.05 Å². The predicted octanol–water partition coefficient (Wildman–Crippen LogP) is 5.44. The highest BCUT2D eigenvalue weighted by Gasteiger charge is 2.42. The Balaban J connectivity index is 3.06. The third-order valence-corrected chi connectivity index (χ3v) is 13.3. The number of ether oxygens (including phenoxy) is 2. The fourth-order valence-corrected chi connectivity index (χ4v) is 5.83. The molecule has 5 atom stereocenters. The van der Waals surface area contributed by atoms with E-state index < -0.39 is 62.4 Å². The number of hydrogen-bond acceptors (Lipinski definition) is 8. The first-order chi connectivity index (χ1) is 21.1. The van der Waals surface area contributed by atoms with Gasteiger partial charge in [0.25, 0.3) is 5.91 Å². The van der Waals surface area contributed by atoms with Crippen LogP contribution in [-0.4, -0.2) is 74.4 Å². The molecule has 1 aromatic rings. The van der Waals surface area contributed by atoms with Crippen molar-refractivity contribution < 1.29 is 33.1 Å². The Labute approximate surface area is 278 Å². The highest BCUT2D eigenvalue weighted by atomic mass is 28.4. The van der Waals surface area contributed by atoms with E-state index in [0.717, 1.165) is 5.56 Å². The molecule has 0 aliphatic rings. The summed E-state index contributed by atoms with van der Waals surface area (Å²) in [4.78, 5) is 54.6. The molecular weight excluding hydrogens is 602 g/mol. The van der Waals surface area contributed by atoms with Crippen molar-refractivity contribution in [1.82, 2.24) is 10.2 Å². The molecule has 0 bridgehead atoms. The topological polar surface area (TPSA) is 137 Å². The van der Waals surface area contributed by atoms with Gasteiger partial charge in [-0.2, -0.15) is 0 Å². The van der Waals surface area contributed by atoms with Gasteiger partial charge in [-0.25, -0.2) is 4.79 Å². The minimum atomic E-state index is -2.27. The number of carbonyl (C=O) groups excluding carboxylic acids is 4. The van der Waals surface area contributed by atoms with Crippen LogP contribution in [0.3, 0.4) is 0 Å². The number of rotatable bonds is 17. The highest BCUT2D eigenvalue weighted by Crippen LogP contribution is 2.38. The molecule has 1 aromatic carbocycles. The molecular formula is C35H61N3O7Si. The van der Waals surface area contributed by atoms with Crippen molar-refractivity contribution in [3.63, 3.8) is 0 Å². The maximum absolute atomic E-state index is 13.6. The van der Waals surface area contributed by atoms with Gasteiger partial charge in [0.15, 0.2) is 14.4 Å². The number of likely N-dealkylation sites (N-methyl/N-ethyl adjacent to an activating group) is 1. The predicted molar refractivity (Wildman–Crippen MR) is 184 cm³/mol. The Kier molecular flexibility index (Phi) is 16.1. The molecule has 262 valence electrons. The van der Waals surface area contributed by atoms with Gasteiger partial charge < -0.3 is 29.9 Å². The Morgan fingerprint density at radius 3 is 1.98 bits per heavy atom. The molecule has 0 unspecified atom stereocenters. The van der Waals surface area contributed by atoms with Gasteiger partial charge in [-0.15, -0.1) is 0 Å². The maximum atomic E-state index is 13.6. The fraction of sp³-hybridized carbons (Fsp3) is 0.714. The molecule has 0 heterocycles. The molecule has 1 rings (SSSR count). The summed E-state index contributed by atoms with van der Waals surface area (Å²) < 4.78 is 17.8. The number of nitrogens with one attached hydrogen (secondary N) is 1. The average molecular weight is 664 g/mol. The number of esters is 2. The number of benzene rings is 1. The van der Waals surface area contributed by atoms with E-state index in [-0.39, 0.29) is 35.8 Å². The number of amides is 2. The number of nitrogens with zero attached hydrogens (tertiary/aromatic N) is 1. The van der Waals surface area contributed by atoms with E-state index in [9.17, 15) is 19.2 Å². The molecule has 2 amide bonds. The fourth-order valence-electron chi connectivity index (χ4n) is 4.48. The minimum absolute atomic E-state index is 0.0498. The molecule has 3 N–H and O–H groups in total. The van der Waals surface area contributed by atoms with Crippen LogP contribution in [0.4, 0.5) is 0 Å². The zero-order valence-corrected chi connectivity index (χ0v) is 31.5. The second kappa shape index (κ2) is 18.0. The minimum Gasteiger partial charge on any atom is -0.459 e. The van der Waals surface area contributed by atoms with Crippen LogP contribution in [0.15, 0.2) is 30.3 Å². The largest absolute Gasteiger partial charge is 0.459 e. The van der Waals surface area contributed by atoms with Crippen molar-refractivity contribution in [3.05, 3.63) is 35.9 Å². The maximum Gasteiger partial charge on any atom is 0.328 e. The second-order valence-electron chi connectivity index (χ2n) is 15.0. The molecule has 11 heteroatoms. The molecule has 0 fully saturated rings. The Bertz CT molecular complexity index is 1130. The average Bonchev–Trinajstić information content (AvgIpc) is 2.95. The van der Waals surface area contributed by atoms with Crippen molar-refractivity contribution in [2.24, 2.45) is 23.5 Å². The third kappa shape index (κ3) is 12.8. The van der Waals surface area contributed by atoms with Gasteiger partial charge in [0.2, 0.25) is 5.91 Å². The van der Waals surface area contributed by atoms with Gasteiger partial charge in [-0.05, 0) is 54.8 Å². The number of carbonyl (C=O) groups is 4. The van der Waals surface area contributed by atoms with Crippen LogP contribution in [0.5, 0.6) is 0 Å². The van der Waals surface area contributed by atoms with E-state index >= 15 is 0 Å². The van der Waals surface area contributed by atoms with Crippen LogP contribution >= 0.6 is 0 Å². The summed E-state index contributed by atoms with van der Waals surface area (Å²) in [6, 6.07) is 7.04. The number of hydrogen-bond donors (Lipinski definition) is 2. The summed E-state index contributed by atoms with van der Waals surface area (Å²) >= 11 is 0. The Morgan fingerprint density at radius 2 is 1.50 bits per heavy atom. The summed E-state index contributed by atoms with van der Waals surface area (Å²) in [7, 11) is -0.760. The molecule has 0 spiro atoms. The van der Waals surface area contributed by atoms with E-state index in [2.05, 4.69) is 39.2 Å². The molecule has 0 saturated heterocycles. The van der Waals surface area contributed by atoms with E-state index in [4.69, 9.17) is 19.6 Å². The van der Waals surface area contributed by atoms with E-state index in [0.29, 0.717) is 6.42 Å². The van der Waals surface area contributed by atoms with Gasteiger partial charge in [0, 0.05) is 13.1 Å². The molecule has 0 radical (unpaired) electrons. The van der Waals surface area contributed by atoms with Crippen molar-refractivity contribution in [3.8, 4) is 0 Å². The van der Waals surface area contributed by atoms with Crippen molar-refractivity contribution in [1.29, 1.82) is 0 Å². The molecule has 0 saturated carbocycles. The summed E-state index contributed by atoms with van der Waals surface area (Å²) in [5.74, 6) is -2.43. The van der Waals surface area contributed by atoms with E-state index in [1.54, 1.807) is 20.8 Å². The first-order valence-corrected chi connectivity index (χ1v) is 19.4. The monoisotopic (exact) mass is 663 g/mol. The van der Waals surface area contributed by atoms with Gasteiger partial charge >= 0.3 is 11.9 Å². The van der Waals surface area contributed by atoms with Crippen LogP contribution in [-0.2, 0) is 39.7 Å². The first kappa shape index (κ1) is 41.3.